The first-order valence-corrected chi connectivity index (χ1v) is 9.71. The van der Waals surface area contributed by atoms with Gasteiger partial charge in [-0.05, 0) is 69.3 Å². The molecular formula is C21H26N4O. The Morgan fingerprint density at radius 1 is 1.19 bits per heavy atom. The van der Waals surface area contributed by atoms with Crippen LogP contribution in [0.1, 0.15) is 48.9 Å². The lowest BCUT2D eigenvalue weighted by atomic mass is 9.98. The number of ether oxygens (including phenoxy) is 1. The third-order valence-corrected chi connectivity index (χ3v) is 5.64. The monoisotopic (exact) mass is 350 g/mol. The molecule has 2 N–H and O–H groups in total. The molecule has 1 aliphatic carbocycles. The van der Waals surface area contributed by atoms with Gasteiger partial charge in [-0.1, -0.05) is 6.42 Å². The topological polar surface area (TPSA) is 70.0 Å². The highest BCUT2D eigenvalue weighted by Crippen LogP contribution is 2.36. The Hall–Kier alpha value is -2.32. The van der Waals surface area contributed by atoms with E-state index in [9.17, 15) is 5.26 Å². The van der Waals surface area contributed by atoms with Gasteiger partial charge in [0.15, 0.2) is 0 Å². The van der Waals surface area contributed by atoms with Crippen LogP contribution in [0.3, 0.4) is 0 Å². The van der Waals surface area contributed by atoms with Crippen molar-refractivity contribution in [1.82, 2.24) is 10.3 Å². The minimum atomic E-state index is 0.482. The first-order chi connectivity index (χ1) is 12.8. The first kappa shape index (κ1) is 17.1. The number of nitrogens with zero attached hydrogens (tertiary/aromatic N) is 2. The Labute approximate surface area is 154 Å². The van der Waals surface area contributed by atoms with E-state index in [0.717, 1.165) is 49.7 Å². The van der Waals surface area contributed by atoms with Crippen molar-refractivity contribution < 1.29 is 4.74 Å². The zero-order chi connectivity index (χ0) is 17.9. The van der Waals surface area contributed by atoms with Crippen molar-refractivity contribution in [2.45, 2.75) is 51.0 Å². The number of hydrogen-bond donors (Lipinski definition) is 2. The highest BCUT2D eigenvalue weighted by Gasteiger charge is 2.22. The van der Waals surface area contributed by atoms with Crippen molar-refractivity contribution in [3.8, 4) is 11.8 Å². The fourth-order valence-corrected chi connectivity index (χ4v) is 4.22. The van der Waals surface area contributed by atoms with Crippen LogP contribution in [0.2, 0.25) is 0 Å². The maximum absolute atomic E-state index is 9.44. The van der Waals surface area contributed by atoms with Gasteiger partial charge in [0.25, 0.3) is 0 Å². The number of aromatic nitrogens is 1. The molecule has 0 atom stereocenters. The van der Waals surface area contributed by atoms with E-state index in [0.29, 0.717) is 17.4 Å². The summed E-state index contributed by atoms with van der Waals surface area (Å²) in [7, 11) is 1.62. The fraction of sp³-hybridized carbons (Fsp3) is 0.524. The Balaban J connectivity index is 1.88. The molecule has 0 spiro atoms. The minimum Gasteiger partial charge on any atom is -0.495 e. The van der Waals surface area contributed by atoms with Crippen molar-refractivity contribution in [1.29, 1.82) is 5.26 Å². The molecule has 136 valence electrons. The van der Waals surface area contributed by atoms with E-state index in [1.165, 1.54) is 36.2 Å². The van der Waals surface area contributed by atoms with Crippen LogP contribution in [0.25, 0.3) is 10.9 Å². The number of nitrogens with one attached hydrogen (secondary N) is 2. The van der Waals surface area contributed by atoms with Gasteiger partial charge in [0.2, 0.25) is 0 Å². The molecule has 5 heteroatoms. The van der Waals surface area contributed by atoms with E-state index in [1.54, 1.807) is 7.11 Å². The Morgan fingerprint density at radius 2 is 2.00 bits per heavy atom. The van der Waals surface area contributed by atoms with Crippen molar-refractivity contribution >= 4 is 16.6 Å². The maximum Gasteiger partial charge on any atom is 0.137 e. The number of fused-ring (bicyclic) bond motifs is 2. The van der Waals surface area contributed by atoms with Crippen LogP contribution in [-0.4, -0.2) is 31.2 Å². The molecule has 0 amide bonds. The lowest BCUT2D eigenvalue weighted by molar-refractivity contribution is 0.414. The molecule has 0 bridgehead atoms. The molecule has 0 saturated carbocycles. The zero-order valence-electron chi connectivity index (χ0n) is 15.4. The van der Waals surface area contributed by atoms with Gasteiger partial charge in [0.05, 0.1) is 18.2 Å². The first-order valence-electron chi connectivity index (χ1n) is 9.71. The van der Waals surface area contributed by atoms with Crippen molar-refractivity contribution in [3.63, 3.8) is 0 Å². The van der Waals surface area contributed by atoms with E-state index in [2.05, 4.69) is 16.7 Å². The van der Waals surface area contributed by atoms with Crippen LogP contribution in [-0.2, 0) is 12.8 Å². The van der Waals surface area contributed by atoms with Gasteiger partial charge in [-0.2, -0.15) is 5.26 Å². The molecule has 1 aromatic heterocycles. The number of aryl methyl sites for hydroxylation is 1. The third-order valence-electron chi connectivity index (χ3n) is 5.64. The molecule has 2 aromatic rings. The predicted octanol–water partition coefficient (Wildman–Crippen LogP) is 3.55. The lowest BCUT2D eigenvalue weighted by Gasteiger charge is -2.27. The number of pyridine rings is 1. The second kappa shape index (κ2) is 7.51. The molecule has 1 saturated heterocycles. The van der Waals surface area contributed by atoms with Crippen LogP contribution in [0.5, 0.6) is 5.75 Å². The summed E-state index contributed by atoms with van der Waals surface area (Å²) < 4.78 is 5.47. The number of nitriles is 1. The number of methoxy groups -OCH3 is 1. The van der Waals surface area contributed by atoms with Gasteiger partial charge >= 0.3 is 0 Å². The second-order valence-electron chi connectivity index (χ2n) is 7.32. The van der Waals surface area contributed by atoms with Crippen LogP contribution in [0.4, 0.5) is 5.69 Å². The van der Waals surface area contributed by atoms with Crippen LogP contribution < -0.4 is 15.4 Å². The molecule has 1 aliphatic heterocycles. The average molecular weight is 350 g/mol. The van der Waals surface area contributed by atoms with E-state index in [-0.39, 0.29) is 0 Å². The van der Waals surface area contributed by atoms with E-state index >= 15 is 0 Å². The summed E-state index contributed by atoms with van der Waals surface area (Å²) in [6.45, 7) is 2.12. The van der Waals surface area contributed by atoms with Gasteiger partial charge in [-0.3, -0.25) is 4.98 Å². The number of anilines is 1. The maximum atomic E-state index is 9.44. The summed E-state index contributed by atoms with van der Waals surface area (Å²) >= 11 is 0. The zero-order valence-corrected chi connectivity index (χ0v) is 15.4. The largest absolute Gasteiger partial charge is 0.495 e. The molecule has 26 heavy (non-hydrogen) atoms. The van der Waals surface area contributed by atoms with Crippen LogP contribution >= 0.6 is 0 Å². The summed E-state index contributed by atoms with van der Waals surface area (Å²) in [5, 5.41) is 17.8. The molecule has 2 aliphatic rings. The van der Waals surface area contributed by atoms with Crippen molar-refractivity contribution in [2.24, 2.45) is 0 Å². The molecule has 4 rings (SSSR count). The molecule has 5 nitrogen and oxygen atoms in total. The molecule has 0 radical (unpaired) electrons. The highest BCUT2D eigenvalue weighted by atomic mass is 16.5. The van der Waals surface area contributed by atoms with Crippen molar-refractivity contribution in [3.05, 3.63) is 29.0 Å². The number of rotatable bonds is 3. The predicted molar refractivity (Wildman–Crippen MR) is 104 cm³/mol. The quantitative estimate of drug-likeness (QED) is 0.829. The fourth-order valence-electron chi connectivity index (χ4n) is 4.22. The van der Waals surface area contributed by atoms with Gasteiger partial charge in [-0.25, -0.2) is 0 Å². The van der Waals surface area contributed by atoms with Crippen LogP contribution in [0, 0.1) is 11.3 Å². The molecule has 0 unspecified atom stereocenters. The minimum absolute atomic E-state index is 0.482. The molecule has 1 fully saturated rings. The SMILES string of the molecule is COc1cc2c(NC3CCNCC3)c3c(nc2cc1C#N)CCCCC3. The second-order valence-corrected chi connectivity index (χ2v) is 7.32. The summed E-state index contributed by atoms with van der Waals surface area (Å²) in [5.41, 5.74) is 5.26. The van der Waals surface area contributed by atoms with Gasteiger partial charge < -0.3 is 15.4 Å². The van der Waals surface area contributed by atoms with Gasteiger partial charge in [0.1, 0.15) is 11.8 Å². The molecule has 1 aromatic carbocycles. The standard InChI is InChI=1S/C21H26N4O/c1-26-20-12-17-19(11-14(20)13-22)25-18-6-4-2-3-5-16(18)21(17)24-15-7-9-23-10-8-15/h11-12,15,23H,2-10H2,1H3,(H,24,25). The summed E-state index contributed by atoms with van der Waals surface area (Å²) in [4.78, 5) is 4.95. The number of benzene rings is 1. The van der Waals surface area contributed by atoms with E-state index in [1.807, 2.05) is 12.1 Å². The average Bonchev–Trinajstić information content (AvgIpc) is 2.93. The van der Waals surface area contributed by atoms with Gasteiger partial charge in [0, 0.05) is 22.8 Å². The summed E-state index contributed by atoms with van der Waals surface area (Å²) in [6.07, 6.45) is 8.03. The molecular weight excluding hydrogens is 324 g/mol. The molecule has 2 heterocycles. The Bertz CT molecular complexity index is 849. The third kappa shape index (κ3) is 3.22. The lowest BCUT2D eigenvalue weighted by Crippen LogP contribution is -2.35. The van der Waals surface area contributed by atoms with Gasteiger partial charge in [-0.15, -0.1) is 0 Å². The van der Waals surface area contributed by atoms with E-state index in [4.69, 9.17) is 9.72 Å². The Morgan fingerprint density at radius 3 is 2.77 bits per heavy atom. The number of hydrogen-bond acceptors (Lipinski definition) is 5. The summed E-state index contributed by atoms with van der Waals surface area (Å²) in [5.74, 6) is 0.628. The Kier molecular flexibility index (Phi) is 4.94. The number of piperidine rings is 1. The van der Waals surface area contributed by atoms with Crippen molar-refractivity contribution in [2.75, 3.05) is 25.5 Å². The van der Waals surface area contributed by atoms with Crippen LogP contribution in [0.15, 0.2) is 12.1 Å². The highest BCUT2D eigenvalue weighted by molar-refractivity contribution is 5.95. The summed E-state index contributed by atoms with van der Waals surface area (Å²) in [6, 6.07) is 6.60. The van der Waals surface area contributed by atoms with E-state index < -0.39 is 0 Å². The normalized spacial score (nSPS) is 18.0. The smallest absolute Gasteiger partial charge is 0.137 e.